The van der Waals surface area contributed by atoms with Crippen LogP contribution < -0.4 is 11.1 Å². The number of hydrogen-bond acceptors (Lipinski definition) is 6. The third-order valence-electron chi connectivity index (χ3n) is 4.13. The van der Waals surface area contributed by atoms with Gasteiger partial charge in [-0.2, -0.15) is 0 Å². The van der Waals surface area contributed by atoms with Gasteiger partial charge in [0.1, 0.15) is 22.6 Å². The number of hydrogen-bond donors (Lipinski definition) is 2. The van der Waals surface area contributed by atoms with E-state index >= 15 is 0 Å². The molecule has 0 radical (unpaired) electrons. The van der Waals surface area contributed by atoms with Crippen LogP contribution in [0.1, 0.15) is 83.7 Å². The first-order valence-electron chi connectivity index (χ1n) is 11.7. The Morgan fingerprint density at radius 1 is 1.23 bits per heavy atom. The molecule has 0 aliphatic heterocycles. The Labute approximate surface area is 213 Å². The summed E-state index contributed by atoms with van der Waals surface area (Å²) < 4.78 is 10.7. The average Bonchev–Trinajstić information content (AvgIpc) is 3.42. The molecule has 3 heterocycles. The Kier molecular flexibility index (Phi) is 12.5. The predicted molar refractivity (Wildman–Crippen MR) is 147 cm³/mol. The molecule has 0 spiro atoms. The molecular weight excluding hydrogens is 458 g/mol. The zero-order valence-corrected chi connectivity index (χ0v) is 22.9. The molecule has 3 aromatic rings. The number of thiophene rings is 1. The summed E-state index contributed by atoms with van der Waals surface area (Å²) in [6.45, 7) is 15.8. The number of primary amides is 1. The summed E-state index contributed by atoms with van der Waals surface area (Å²) in [7, 11) is 0. The van der Waals surface area contributed by atoms with Gasteiger partial charge in [-0.05, 0) is 64.5 Å². The number of aryl methyl sites for hydroxylation is 1. The molecule has 0 saturated carbocycles. The van der Waals surface area contributed by atoms with Crippen molar-refractivity contribution in [2.45, 2.75) is 80.4 Å². The van der Waals surface area contributed by atoms with Crippen molar-refractivity contribution < 1.29 is 13.9 Å². The molecule has 0 aliphatic rings. The van der Waals surface area contributed by atoms with E-state index in [9.17, 15) is 4.79 Å². The number of anilines is 1. The topological polar surface area (TPSA) is 90.4 Å². The molecule has 3 N–H and O–H groups in total. The second kappa shape index (κ2) is 14.8. The summed E-state index contributed by atoms with van der Waals surface area (Å²) in [5, 5.41) is 5.55. The van der Waals surface area contributed by atoms with Gasteiger partial charge in [-0.1, -0.05) is 38.7 Å². The summed E-state index contributed by atoms with van der Waals surface area (Å²) in [5.74, 6) is 13.0. The standard InChI is InChI=1S/C21H20N2OS.C5H11NO2.C2H6/c1-4-8-15-13-18(22-14-16-11-7-12-25-16)21-20(23-15)17(9-5-2)19(24-21)10-6-3;1-5(2,3)8-4(6)7;1-2/h7,11-13H,6,10,14H2,1-3H3,(H,22,23);1-3H3,(H2,6,7);1-2H3. The van der Waals surface area contributed by atoms with Crippen molar-refractivity contribution in [3.63, 3.8) is 0 Å². The first-order chi connectivity index (χ1) is 16.7. The van der Waals surface area contributed by atoms with Crippen molar-refractivity contribution in [2.24, 2.45) is 5.73 Å². The van der Waals surface area contributed by atoms with Crippen molar-refractivity contribution in [1.82, 2.24) is 4.98 Å². The van der Waals surface area contributed by atoms with Crippen LogP contribution in [-0.4, -0.2) is 16.7 Å². The first-order valence-corrected chi connectivity index (χ1v) is 12.6. The van der Waals surface area contributed by atoms with Gasteiger partial charge in [-0.15, -0.1) is 17.3 Å². The van der Waals surface area contributed by atoms with Crippen LogP contribution in [0, 0.1) is 23.7 Å². The lowest BCUT2D eigenvalue weighted by molar-refractivity contribution is 0.0600. The number of carbonyl (C=O) groups excluding carboxylic acids is 1. The smallest absolute Gasteiger partial charge is 0.405 e. The lowest BCUT2D eigenvalue weighted by Crippen LogP contribution is -2.27. The number of rotatable bonds is 5. The summed E-state index contributed by atoms with van der Waals surface area (Å²) >= 11 is 1.73. The maximum atomic E-state index is 10.0. The zero-order valence-electron chi connectivity index (χ0n) is 22.1. The fraction of sp³-hybridized carbons (Fsp3) is 0.429. The number of aromatic nitrogens is 1. The van der Waals surface area contributed by atoms with Gasteiger partial charge in [0.25, 0.3) is 0 Å². The highest BCUT2D eigenvalue weighted by atomic mass is 32.1. The van der Waals surface area contributed by atoms with E-state index in [1.54, 1.807) is 32.1 Å². The van der Waals surface area contributed by atoms with E-state index in [0.29, 0.717) is 0 Å². The summed E-state index contributed by atoms with van der Waals surface area (Å²) in [6.07, 6.45) is 1.12. The second-order valence-corrected chi connectivity index (χ2v) is 9.13. The number of ether oxygens (including phenoxy) is 1. The Balaban J connectivity index is 0.000000523. The van der Waals surface area contributed by atoms with E-state index in [-0.39, 0.29) is 0 Å². The number of nitrogens with two attached hydrogens (primary N) is 1. The Hall–Kier alpha value is -3.42. The molecule has 0 aliphatic carbocycles. The quantitative estimate of drug-likeness (QED) is 0.368. The Bertz CT molecular complexity index is 1200. The fourth-order valence-electron chi connectivity index (χ4n) is 2.99. The largest absolute Gasteiger partial charge is 0.456 e. The van der Waals surface area contributed by atoms with Crippen LogP contribution in [0.4, 0.5) is 10.5 Å². The van der Waals surface area contributed by atoms with Crippen LogP contribution in [0.25, 0.3) is 11.1 Å². The van der Waals surface area contributed by atoms with E-state index in [4.69, 9.17) is 10.2 Å². The molecule has 1 amide bonds. The molecule has 0 bridgehead atoms. The normalized spacial score (nSPS) is 9.83. The average molecular weight is 496 g/mol. The number of pyridine rings is 1. The molecule has 35 heavy (non-hydrogen) atoms. The Morgan fingerprint density at radius 2 is 1.91 bits per heavy atom. The third kappa shape index (κ3) is 9.76. The van der Waals surface area contributed by atoms with E-state index < -0.39 is 11.7 Å². The summed E-state index contributed by atoms with van der Waals surface area (Å²) in [5.41, 5.74) is 8.36. The van der Waals surface area contributed by atoms with Crippen molar-refractivity contribution in [3.05, 3.63) is 45.5 Å². The van der Waals surface area contributed by atoms with E-state index in [0.717, 1.165) is 53.2 Å². The lowest BCUT2D eigenvalue weighted by Gasteiger charge is -2.16. The molecule has 0 aromatic carbocycles. The third-order valence-corrected chi connectivity index (χ3v) is 5.01. The number of furan rings is 1. The minimum atomic E-state index is -0.725. The lowest BCUT2D eigenvalue weighted by atomic mass is 10.1. The number of amides is 1. The second-order valence-electron chi connectivity index (χ2n) is 8.10. The molecule has 188 valence electrons. The molecule has 3 rings (SSSR count). The van der Waals surface area contributed by atoms with Crippen LogP contribution in [0.3, 0.4) is 0 Å². The highest BCUT2D eigenvalue weighted by Gasteiger charge is 2.18. The number of nitrogens with zero attached hydrogens (tertiary/aromatic N) is 1. The van der Waals surface area contributed by atoms with Gasteiger partial charge in [0.05, 0.1) is 11.3 Å². The molecule has 0 atom stereocenters. The zero-order chi connectivity index (χ0) is 26.4. The molecule has 6 nitrogen and oxygen atoms in total. The minimum absolute atomic E-state index is 0.453. The Morgan fingerprint density at radius 3 is 2.40 bits per heavy atom. The van der Waals surface area contributed by atoms with Gasteiger partial charge in [-0.3, -0.25) is 0 Å². The highest BCUT2D eigenvalue weighted by molar-refractivity contribution is 7.09. The first kappa shape index (κ1) is 29.6. The minimum Gasteiger partial charge on any atom is -0.456 e. The number of fused-ring (bicyclic) bond motifs is 1. The van der Waals surface area contributed by atoms with Crippen molar-refractivity contribution in [1.29, 1.82) is 0 Å². The molecular formula is C28H37N3O3S. The molecule has 3 aromatic heterocycles. The molecule has 0 unspecified atom stereocenters. The van der Waals surface area contributed by atoms with Crippen molar-refractivity contribution in [2.75, 3.05) is 5.32 Å². The van der Waals surface area contributed by atoms with Gasteiger partial charge in [0, 0.05) is 17.8 Å². The van der Waals surface area contributed by atoms with Crippen LogP contribution >= 0.6 is 11.3 Å². The monoisotopic (exact) mass is 495 g/mol. The van der Waals surface area contributed by atoms with E-state index in [2.05, 4.69) is 63.2 Å². The fourth-order valence-corrected chi connectivity index (χ4v) is 3.63. The summed E-state index contributed by atoms with van der Waals surface area (Å²) in [4.78, 5) is 16.0. The maximum Gasteiger partial charge on any atom is 0.405 e. The van der Waals surface area contributed by atoms with Crippen LogP contribution in [0.5, 0.6) is 0 Å². The van der Waals surface area contributed by atoms with Gasteiger partial charge >= 0.3 is 6.09 Å². The predicted octanol–water partition coefficient (Wildman–Crippen LogP) is 7.10. The molecule has 7 heteroatoms. The van der Waals surface area contributed by atoms with Crippen molar-refractivity contribution >= 4 is 34.2 Å². The maximum absolute atomic E-state index is 10.0. The van der Waals surface area contributed by atoms with Gasteiger partial charge in [-0.25, -0.2) is 9.78 Å². The van der Waals surface area contributed by atoms with Gasteiger partial charge in [0.15, 0.2) is 5.58 Å². The van der Waals surface area contributed by atoms with E-state index in [1.807, 2.05) is 33.8 Å². The summed E-state index contributed by atoms with van der Waals surface area (Å²) in [6, 6.07) is 6.12. The van der Waals surface area contributed by atoms with Crippen molar-refractivity contribution in [3.8, 4) is 23.7 Å². The number of nitrogens with one attached hydrogen (secondary N) is 1. The number of carbonyl (C=O) groups is 1. The van der Waals surface area contributed by atoms with Crippen LogP contribution in [0.15, 0.2) is 28.0 Å². The SMILES string of the molecule is CC.CC#Cc1cc(NCc2cccs2)c2oc(CCC)c(C#CC)c2n1.CC(C)(C)OC(N)=O. The molecule has 0 saturated heterocycles. The highest BCUT2D eigenvalue weighted by Crippen LogP contribution is 2.31. The van der Waals surface area contributed by atoms with Crippen LogP contribution in [-0.2, 0) is 17.7 Å². The van der Waals surface area contributed by atoms with E-state index in [1.165, 1.54) is 4.88 Å². The van der Waals surface area contributed by atoms with Gasteiger partial charge < -0.3 is 20.2 Å². The van der Waals surface area contributed by atoms with Crippen LogP contribution in [0.2, 0.25) is 0 Å². The van der Waals surface area contributed by atoms with Gasteiger partial charge in [0.2, 0.25) is 0 Å². The molecule has 0 fully saturated rings.